The summed E-state index contributed by atoms with van der Waals surface area (Å²) in [6, 6.07) is 8.56. The van der Waals surface area contributed by atoms with Gasteiger partial charge in [-0.1, -0.05) is 0 Å². The number of aliphatic hydroxyl groups is 1. The van der Waals surface area contributed by atoms with Gasteiger partial charge in [0.15, 0.2) is 6.23 Å². The number of piperidine rings is 2. The van der Waals surface area contributed by atoms with Crippen LogP contribution in [0.3, 0.4) is 0 Å². The molecule has 10 heteroatoms. The highest BCUT2D eigenvalue weighted by atomic mass is 16.4. The lowest BCUT2D eigenvalue weighted by Crippen LogP contribution is -2.39. The largest absolute Gasteiger partial charge is 0.481 e. The van der Waals surface area contributed by atoms with Crippen LogP contribution in [0.2, 0.25) is 0 Å². The van der Waals surface area contributed by atoms with Crippen molar-refractivity contribution in [2.75, 3.05) is 34.8 Å². The molecule has 4 heterocycles. The summed E-state index contributed by atoms with van der Waals surface area (Å²) in [5.41, 5.74) is 5.92. The van der Waals surface area contributed by atoms with E-state index in [1.165, 1.54) is 6.42 Å². The predicted octanol–water partition coefficient (Wildman–Crippen LogP) is 3.22. The fourth-order valence-corrected chi connectivity index (χ4v) is 6.05. The number of carboxylic acid groups (broad SMARTS) is 1. The van der Waals surface area contributed by atoms with Gasteiger partial charge in [-0.15, -0.1) is 0 Å². The highest BCUT2D eigenvalue weighted by molar-refractivity contribution is 5.84. The molecule has 0 amide bonds. The molecule has 1 aromatic carbocycles. The van der Waals surface area contributed by atoms with E-state index in [1.807, 2.05) is 12.1 Å². The number of aromatic nitrogens is 2. The third-order valence-electron chi connectivity index (χ3n) is 8.42. The number of hydrogen-bond acceptors (Lipinski definition) is 9. The minimum Gasteiger partial charge on any atom is -0.481 e. The van der Waals surface area contributed by atoms with Crippen LogP contribution >= 0.6 is 0 Å². The summed E-state index contributed by atoms with van der Waals surface area (Å²) >= 11 is 0. The first-order valence-electron chi connectivity index (χ1n) is 12.9. The highest BCUT2D eigenvalue weighted by Crippen LogP contribution is 2.59. The zero-order valence-electron chi connectivity index (χ0n) is 20.5. The number of aliphatic hydroxyl groups excluding tert-OH is 1. The van der Waals surface area contributed by atoms with Crippen LogP contribution < -0.4 is 20.5 Å². The van der Waals surface area contributed by atoms with E-state index < -0.39 is 12.2 Å². The number of anilines is 4. The second-order valence-corrected chi connectivity index (χ2v) is 10.6. The van der Waals surface area contributed by atoms with E-state index in [2.05, 4.69) is 44.7 Å². The summed E-state index contributed by atoms with van der Waals surface area (Å²) in [4.78, 5) is 25.5. The normalized spacial score (nSPS) is 26.3. The van der Waals surface area contributed by atoms with Gasteiger partial charge in [0.05, 0.1) is 23.4 Å². The van der Waals surface area contributed by atoms with E-state index in [1.54, 1.807) is 6.21 Å². The maximum atomic E-state index is 11.4. The molecule has 3 atom stereocenters. The summed E-state index contributed by atoms with van der Waals surface area (Å²) in [5.74, 6) is 0.427. The second kappa shape index (κ2) is 8.92. The van der Waals surface area contributed by atoms with Gasteiger partial charge in [0.2, 0.25) is 5.95 Å². The molecule has 10 nitrogen and oxygen atoms in total. The van der Waals surface area contributed by atoms with Gasteiger partial charge in [-0.05, 0) is 75.1 Å². The molecular weight excluding hydrogens is 458 g/mol. The molecule has 0 bridgehead atoms. The minimum absolute atomic E-state index is 0.0255. The van der Waals surface area contributed by atoms with Crippen LogP contribution in [-0.4, -0.2) is 58.0 Å². The van der Waals surface area contributed by atoms with Crippen LogP contribution in [-0.2, 0) is 4.79 Å². The lowest BCUT2D eigenvalue weighted by molar-refractivity contribution is -0.139. The molecule has 1 aromatic heterocycles. The van der Waals surface area contributed by atoms with Crippen LogP contribution in [0.1, 0.15) is 62.9 Å². The number of hydrogen-bond donors (Lipinski definition) is 4. The van der Waals surface area contributed by atoms with Crippen molar-refractivity contribution in [2.24, 2.45) is 16.4 Å². The Hall–Kier alpha value is -3.40. The van der Waals surface area contributed by atoms with Crippen molar-refractivity contribution >= 4 is 35.3 Å². The Kier molecular flexibility index (Phi) is 5.70. The van der Waals surface area contributed by atoms with Crippen molar-refractivity contribution in [3.05, 3.63) is 35.5 Å². The zero-order valence-corrected chi connectivity index (χ0v) is 20.5. The van der Waals surface area contributed by atoms with Gasteiger partial charge >= 0.3 is 5.97 Å². The third kappa shape index (κ3) is 4.13. The highest BCUT2D eigenvalue weighted by Gasteiger charge is 2.58. The summed E-state index contributed by atoms with van der Waals surface area (Å²) in [5, 5.41) is 27.4. The molecule has 1 saturated carbocycles. The molecule has 4 aliphatic rings. The number of rotatable bonds is 5. The average Bonchev–Trinajstić information content (AvgIpc) is 3.59. The fourth-order valence-electron chi connectivity index (χ4n) is 6.05. The molecule has 0 radical (unpaired) electrons. The van der Waals surface area contributed by atoms with Crippen LogP contribution in [0.25, 0.3) is 0 Å². The molecule has 2 aromatic rings. The number of benzene rings is 1. The van der Waals surface area contributed by atoms with E-state index >= 15 is 0 Å². The number of aliphatic carboxylic acids is 1. The van der Waals surface area contributed by atoms with Gasteiger partial charge in [-0.3, -0.25) is 10.2 Å². The molecule has 3 unspecified atom stereocenters. The van der Waals surface area contributed by atoms with Gasteiger partial charge in [0, 0.05) is 37.1 Å². The second-order valence-electron chi connectivity index (χ2n) is 10.6. The Balaban J connectivity index is 1.20. The van der Waals surface area contributed by atoms with Gasteiger partial charge in [0.25, 0.3) is 0 Å². The molecule has 4 N–H and O–H groups in total. The summed E-state index contributed by atoms with van der Waals surface area (Å²) in [6.45, 7) is 4.87. The molecule has 6 rings (SSSR count). The first-order chi connectivity index (χ1) is 17.4. The SMILES string of the molecule is CC1CCCCN1c1nc2c(c(Nc3ccc(N4CCC5(CC4)CC5C(=O)O)cc3)n1)C(O)NN=C2. The van der Waals surface area contributed by atoms with Crippen molar-refractivity contribution in [2.45, 2.75) is 57.7 Å². The van der Waals surface area contributed by atoms with Crippen molar-refractivity contribution in [1.29, 1.82) is 0 Å². The molecular formula is C26H33N7O3. The predicted molar refractivity (Wildman–Crippen MR) is 138 cm³/mol. The summed E-state index contributed by atoms with van der Waals surface area (Å²) in [6.07, 6.45) is 6.77. The standard InChI is InChI=1S/C26H33N7O3/c1-16-4-2-3-11-33(16)25-29-20-15-27-31-23(34)21(20)22(30-25)28-17-5-7-18(8-6-17)32-12-9-26(10-13-32)14-19(26)24(35)36/h5-8,15-16,19,23,31,34H,2-4,9-14H2,1H3,(H,35,36)(H,28,29,30). The van der Waals surface area contributed by atoms with Gasteiger partial charge in [-0.2, -0.15) is 10.1 Å². The first-order valence-corrected chi connectivity index (χ1v) is 12.9. The minimum atomic E-state index is -0.989. The maximum Gasteiger partial charge on any atom is 0.307 e. The molecule has 3 fully saturated rings. The number of hydrazone groups is 1. The molecule has 1 spiro atoms. The van der Waals surface area contributed by atoms with Gasteiger partial charge in [0.1, 0.15) is 5.82 Å². The van der Waals surface area contributed by atoms with Gasteiger partial charge < -0.3 is 25.3 Å². The molecule has 3 aliphatic heterocycles. The maximum absolute atomic E-state index is 11.4. The molecule has 2 saturated heterocycles. The number of fused-ring (bicyclic) bond motifs is 1. The van der Waals surface area contributed by atoms with E-state index in [4.69, 9.17) is 9.97 Å². The van der Waals surface area contributed by atoms with Crippen LogP contribution in [0.5, 0.6) is 0 Å². The Labute approximate surface area is 210 Å². The van der Waals surface area contributed by atoms with Crippen LogP contribution in [0.4, 0.5) is 23.1 Å². The average molecular weight is 492 g/mol. The first kappa shape index (κ1) is 23.0. The summed E-state index contributed by atoms with van der Waals surface area (Å²) < 4.78 is 0. The Bertz CT molecular complexity index is 1180. The zero-order chi connectivity index (χ0) is 24.9. The lowest BCUT2D eigenvalue weighted by atomic mass is 9.90. The number of nitrogens with one attached hydrogen (secondary N) is 2. The Morgan fingerprint density at radius 1 is 1.14 bits per heavy atom. The van der Waals surface area contributed by atoms with Crippen LogP contribution in [0, 0.1) is 11.3 Å². The van der Waals surface area contributed by atoms with E-state index in [0.717, 1.165) is 63.1 Å². The number of nitrogens with zero attached hydrogens (tertiary/aromatic N) is 5. The Morgan fingerprint density at radius 3 is 2.61 bits per heavy atom. The molecule has 1 aliphatic carbocycles. The third-order valence-corrected chi connectivity index (χ3v) is 8.42. The van der Waals surface area contributed by atoms with E-state index in [0.29, 0.717) is 29.1 Å². The van der Waals surface area contributed by atoms with E-state index in [-0.39, 0.29) is 11.3 Å². The smallest absolute Gasteiger partial charge is 0.307 e. The van der Waals surface area contributed by atoms with Gasteiger partial charge in [-0.25, -0.2) is 4.98 Å². The lowest BCUT2D eigenvalue weighted by Gasteiger charge is -2.34. The summed E-state index contributed by atoms with van der Waals surface area (Å²) in [7, 11) is 0. The van der Waals surface area contributed by atoms with Crippen molar-refractivity contribution < 1.29 is 15.0 Å². The van der Waals surface area contributed by atoms with E-state index in [9.17, 15) is 15.0 Å². The monoisotopic (exact) mass is 491 g/mol. The Morgan fingerprint density at radius 2 is 1.92 bits per heavy atom. The molecule has 190 valence electrons. The van der Waals surface area contributed by atoms with Crippen molar-refractivity contribution in [3.8, 4) is 0 Å². The van der Waals surface area contributed by atoms with Crippen molar-refractivity contribution in [3.63, 3.8) is 0 Å². The fraction of sp³-hybridized carbons (Fsp3) is 0.538. The van der Waals surface area contributed by atoms with Crippen molar-refractivity contribution in [1.82, 2.24) is 15.4 Å². The number of carbonyl (C=O) groups is 1. The van der Waals surface area contributed by atoms with Crippen LogP contribution in [0.15, 0.2) is 29.4 Å². The number of carboxylic acids is 1. The topological polar surface area (TPSA) is 126 Å². The quantitative estimate of drug-likeness (QED) is 0.499. The molecule has 36 heavy (non-hydrogen) atoms.